The Balaban J connectivity index is 1.73. The molecule has 7 heteroatoms. The van der Waals surface area contributed by atoms with Gasteiger partial charge in [0.25, 0.3) is 0 Å². The van der Waals surface area contributed by atoms with Crippen molar-refractivity contribution in [3.8, 4) is 0 Å². The average molecular weight is 404 g/mol. The molecule has 1 heterocycles. The van der Waals surface area contributed by atoms with Gasteiger partial charge in [-0.25, -0.2) is 0 Å². The lowest BCUT2D eigenvalue weighted by Crippen LogP contribution is -2.47. The molecule has 0 aliphatic carbocycles. The van der Waals surface area contributed by atoms with Crippen LogP contribution in [0.1, 0.15) is 18.1 Å². The normalized spacial score (nSPS) is 12.0. The molecular weight excluding hydrogens is 385 g/mol. The number of benzene rings is 2. The first-order valence-corrected chi connectivity index (χ1v) is 9.23. The molecule has 2 amide bonds. The van der Waals surface area contributed by atoms with Crippen LogP contribution < -0.4 is 10.6 Å². The minimum atomic E-state index is -0.687. The van der Waals surface area contributed by atoms with Crippen molar-refractivity contribution in [3.63, 3.8) is 0 Å². The first-order chi connectivity index (χ1) is 12.9. The van der Waals surface area contributed by atoms with Gasteiger partial charge in [0.05, 0.1) is 0 Å². The van der Waals surface area contributed by atoms with E-state index in [0.29, 0.717) is 16.5 Å². The van der Waals surface area contributed by atoms with Gasteiger partial charge in [-0.2, -0.15) is 0 Å². The number of carbonyl (C=O) groups is 2. The minimum absolute atomic E-state index is 0.249. The third-order valence-electron chi connectivity index (χ3n) is 4.26. The second kappa shape index (κ2) is 8.46. The maximum Gasteiger partial charge on any atom is 0.243 e. The number of para-hydroxylation sites is 1. The molecule has 0 radical (unpaired) electrons. The van der Waals surface area contributed by atoms with Gasteiger partial charge in [-0.3, -0.25) is 9.59 Å². The lowest BCUT2D eigenvalue weighted by molar-refractivity contribution is -0.128. The van der Waals surface area contributed by atoms with Gasteiger partial charge >= 0.3 is 0 Å². The lowest BCUT2D eigenvalue weighted by atomic mass is 10.0. The Kier molecular flexibility index (Phi) is 6.04. The van der Waals surface area contributed by atoms with Crippen molar-refractivity contribution in [2.75, 3.05) is 0 Å². The molecule has 3 aromatic rings. The second-order valence-corrected chi connectivity index (χ2v) is 7.11. The van der Waals surface area contributed by atoms with Crippen molar-refractivity contribution >= 4 is 45.9 Å². The summed E-state index contributed by atoms with van der Waals surface area (Å²) in [5.74, 6) is -0.541. The molecule has 0 aliphatic rings. The molecule has 0 spiro atoms. The molecule has 3 N–H and O–H groups in total. The number of amides is 2. The highest BCUT2D eigenvalue weighted by Crippen LogP contribution is 2.21. The summed E-state index contributed by atoms with van der Waals surface area (Å²) in [6.07, 6.45) is 2.24. The van der Waals surface area contributed by atoms with E-state index >= 15 is 0 Å². The van der Waals surface area contributed by atoms with Crippen molar-refractivity contribution in [3.05, 3.63) is 69.8 Å². The molecular formula is C20H19Cl2N3O2. The summed E-state index contributed by atoms with van der Waals surface area (Å²) < 4.78 is 0. The summed E-state index contributed by atoms with van der Waals surface area (Å²) in [6, 6.07) is 12.2. The van der Waals surface area contributed by atoms with E-state index in [4.69, 9.17) is 23.2 Å². The number of H-pyrrole nitrogens is 1. The maximum atomic E-state index is 12.7. The zero-order valence-electron chi connectivity index (χ0n) is 14.7. The SMILES string of the molecule is CC(=O)N[C@@H](Cc1c[nH]c2ccccc12)C(=O)NCc1ccc(Cl)cc1Cl. The molecule has 0 aliphatic heterocycles. The van der Waals surface area contributed by atoms with Gasteiger partial charge in [-0.15, -0.1) is 0 Å². The van der Waals surface area contributed by atoms with Crippen LogP contribution in [0, 0.1) is 0 Å². The maximum absolute atomic E-state index is 12.7. The van der Waals surface area contributed by atoms with E-state index in [1.165, 1.54) is 6.92 Å². The molecule has 5 nitrogen and oxygen atoms in total. The molecule has 1 aromatic heterocycles. The Hall–Kier alpha value is -2.50. The van der Waals surface area contributed by atoms with Gasteiger partial charge in [-0.05, 0) is 29.3 Å². The van der Waals surface area contributed by atoms with Crippen LogP contribution in [-0.2, 0) is 22.6 Å². The number of fused-ring (bicyclic) bond motifs is 1. The van der Waals surface area contributed by atoms with Crippen molar-refractivity contribution in [2.24, 2.45) is 0 Å². The summed E-state index contributed by atoms with van der Waals surface area (Å²) >= 11 is 12.0. The predicted octanol–water partition coefficient (Wildman–Crippen LogP) is 3.84. The number of rotatable bonds is 6. The topological polar surface area (TPSA) is 74.0 Å². The molecule has 0 unspecified atom stereocenters. The van der Waals surface area contributed by atoms with E-state index < -0.39 is 6.04 Å². The fourth-order valence-electron chi connectivity index (χ4n) is 2.95. The molecule has 0 saturated heterocycles. The largest absolute Gasteiger partial charge is 0.361 e. The van der Waals surface area contributed by atoms with E-state index in [-0.39, 0.29) is 18.4 Å². The van der Waals surface area contributed by atoms with Gasteiger partial charge in [0, 0.05) is 47.0 Å². The highest BCUT2D eigenvalue weighted by atomic mass is 35.5. The molecule has 2 aromatic carbocycles. The average Bonchev–Trinajstić information content (AvgIpc) is 3.03. The molecule has 1 atom stereocenters. The summed E-state index contributed by atoms with van der Waals surface area (Å²) in [4.78, 5) is 27.5. The van der Waals surface area contributed by atoms with E-state index in [0.717, 1.165) is 22.0 Å². The van der Waals surface area contributed by atoms with Crippen LogP contribution in [0.4, 0.5) is 0 Å². The molecule has 0 fully saturated rings. The van der Waals surface area contributed by atoms with E-state index in [2.05, 4.69) is 15.6 Å². The number of halogens is 2. The zero-order valence-corrected chi connectivity index (χ0v) is 16.2. The van der Waals surface area contributed by atoms with Gasteiger partial charge in [-0.1, -0.05) is 47.5 Å². The van der Waals surface area contributed by atoms with Crippen LogP contribution in [0.25, 0.3) is 10.9 Å². The zero-order chi connectivity index (χ0) is 19.4. The van der Waals surface area contributed by atoms with E-state index in [1.54, 1.807) is 18.2 Å². The van der Waals surface area contributed by atoms with Crippen molar-refractivity contribution in [1.29, 1.82) is 0 Å². The molecule has 3 rings (SSSR count). The Morgan fingerprint density at radius 2 is 1.89 bits per heavy atom. The third-order valence-corrected chi connectivity index (χ3v) is 4.85. The summed E-state index contributed by atoms with van der Waals surface area (Å²) in [5.41, 5.74) is 2.70. The Morgan fingerprint density at radius 1 is 1.11 bits per heavy atom. The molecule has 27 heavy (non-hydrogen) atoms. The fraction of sp³-hybridized carbons (Fsp3) is 0.200. The highest BCUT2D eigenvalue weighted by Gasteiger charge is 2.21. The van der Waals surface area contributed by atoms with Crippen LogP contribution in [0.2, 0.25) is 10.0 Å². The predicted molar refractivity (Wildman–Crippen MR) is 108 cm³/mol. The quantitative estimate of drug-likeness (QED) is 0.584. The highest BCUT2D eigenvalue weighted by molar-refractivity contribution is 6.35. The second-order valence-electron chi connectivity index (χ2n) is 6.27. The van der Waals surface area contributed by atoms with Crippen LogP contribution >= 0.6 is 23.2 Å². The van der Waals surface area contributed by atoms with Gasteiger partial charge in [0.15, 0.2) is 0 Å². The number of hydrogen-bond donors (Lipinski definition) is 3. The van der Waals surface area contributed by atoms with Gasteiger partial charge < -0.3 is 15.6 Å². The fourth-order valence-corrected chi connectivity index (χ4v) is 3.42. The van der Waals surface area contributed by atoms with Crippen LogP contribution in [-0.4, -0.2) is 22.8 Å². The first kappa shape index (κ1) is 19.3. The van der Waals surface area contributed by atoms with Gasteiger partial charge in [0.2, 0.25) is 11.8 Å². The smallest absolute Gasteiger partial charge is 0.243 e. The van der Waals surface area contributed by atoms with Gasteiger partial charge in [0.1, 0.15) is 6.04 Å². The molecule has 0 bridgehead atoms. The summed E-state index contributed by atoms with van der Waals surface area (Å²) in [6.45, 7) is 1.64. The lowest BCUT2D eigenvalue weighted by Gasteiger charge is -2.18. The van der Waals surface area contributed by atoms with Crippen molar-refractivity contribution < 1.29 is 9.59 Å². The summed E-state index contributed by atoms with van der Waals surface area (Å²) in [7, 11) is 0. The number of nitrogens with one attached hydrogen (secondary N) is 3. The molecule has 0 saturated carbocycles. The van der Waals surface area contributed by atoms with Crippen molar-refractivity contribution in [2.45, 2.75) is 25.9 Å². The summed E-state index contributed by atoms with van der Waals surface area (Å²) in [5, 5.41) is 7.60. The van der Waals surface area contributed by atoms with Crippen molar-refractivity contribution in [1.82, 2.24) is 15.6 Å². The van der Waals surface area contributed by atoms with Crippen LogP contribution in [0.5, 0.6) is 0 Å². The molecule has 140 valence electrons. The standard InChI is InChI=1S/C20H19Cl2N3O2/c1-12(26)25-19(8-14-11-23-18-5-3-2-4-16(14)18)20(27)24-10-13-6-7-15(21)9-17(13)22/h2-7,9,11,19,23H,8,10H2,1H3,(H,24,27)(H,25,26)/t19-/m0/s1. The van der Waals surface area contributed by atoms with E-state index in [1.807, 2.05) is 30.5 Å². The number of aromatic amines is 1. The number of hydrogen-bond acceptors (Lipinski definition) is 2. The Morgan fingerprint density at radius 3 is 2.63 bits per heavy atom. The number of carbonyl (C=O) groups excluding carboxylic acids is 2. The van der Waals surface area contributed by atoms with Crippen LogP contribution in [0.3, 0.4) is 0 Å². The number of aromatic nitrogens is 1. The van der Waals surface area contributed by atoms with Crippen LogP contribution in [0.15, 0.2) is 48.7 Å². The first-order valence-electron chi connectivity index (χ1n) is 8.48. The van der Waals surface area contributed by atoms with E-state index in [9.17, 15) is 9.59 Å². The third kappa shape index (κ3) is 4.81. The Bertz CT molecular complexity index is 984. The Labute approximate surface area is 167 Å². The monoisotopic (exact) mass is 403 g/mol. The minimum Gasteiger partial charge on any atom is -0.361 e.